The van der Waals surface area contributed by atoms with Crippen molar-refractivity contribution in [2.24, 2.45) is 0 Å². The quantitative estimate of drug-likeness (QED) is 0.848. The smallest absolute Gasteiger partial charge is 0.220 e. The minimum absolute atomic E-state index is 0.0648. The number of rotatable bonds is 6. The Balaban J connectivity index is 1.45. The molecule has 0 aliphatic carbocycles. The summed E-state index contributed by atoms with van der Waals surface area (Å²) in [5.41, 5.74) is 1.63. The highest BCUT2D eigenvalue weighted by molar-refractivity contribution is 6.30. The molecule has 5 nitrogen and oxygen atoms in total. The number of aromatic nitrogens is 1. The summed E-state index contributed by atoms with van der Waals surface area (Å²) in [5.74, 6) is 0.736. The van der Waals surface area contributed by atoms with Crippen molar-refractivity contribution in [2.45, 2.75) is 44.7 Å². The lowest BCUT2D eigenvalue weighted by atomic mass is 9.98. The molecule has 2 aromatic rings. The van der Waals surface area contributed by atoms with Crippen LogP contribution in [-0.2, 0) is 11.3 Å². The summed E-state index contributed by atoms with van der Waals surface area (Å²) in [6, 6.07) is 9.76. The summed E-state index contributed by atoms with van der Waals surface area (Å²) in [6.45, 7) is 1.52. The van der Waals surface area contributed by atoms with Gasteiger partial charge in [-0.05, 0) is 57.1 Å². The first-order chi connectivity index (χ1) is 12.1. The van der Waals surface area contributed by atoms with Crippen molar-refractivity contribution < 1.29 is 9.32 Å². The van der Waals surface area contributed by atoms with E-state index in [2.05, 4.69) is 22.4 Å². The molecule has 0 spiro atoms. The normalized spacial score (nSPS) is 18.2. The molecule has 6 heteroatoms. The maximum Gasteiger partial charge on any atom is 0.220 e. The van der Waals surface area contributed by atoms with Gasteiger partial charge in [0, 0.05) is 29.1 Å². The SMILES string of the molecule is CN1CCCCC1CCC(=O)NCc1cc(-c2ccc(Cl)cc2)on1. The van der Waals surface area contributed by atoms with Gasteiger partial charge in [0.15, 0.2) is 5.76 Å². The highest BCUT2D eigenvalue weighted by Gasteiger charge is 2.19. The molecule has 1 aromatic carbocycles. The summed E-state index contributed by atoms with van der Waals surface area (Å²) in [7, 11) is 2.15. The number of amides is 1. The van der Waals surface area contributed by atoms with Gasteiger partial charge in [-0.15, -0.1) is 0 Å². The Morgan fingerprint density at radius 2 is 2.16 bits per heavy atom. The van der Waals surface area contributed by atoms with Crippen molar-refractivity contribution in [1.29, 1.82) is 0 Å². The van der Waals surface area contributed by atoms with Crippen LogP contribution in [0.5, 0.6) is 0 Å². The lowest BCUT2D eigenvalue weighted by Crippen LogP contribution is -2.37. The van der Waals surface area contributed by atoms with E-state index < -0.39 is 0 Å². The van der Waals surface area contributed by atoms with E-state index in [0.717, 1.165) is 18.5 Å². The Bertz CT molecular complexity index is 699. The predicted octanol–water partition coefficient (Wildman–Crippen LogP) is 3.88. The number of hydrogen-bond donors (Lipinski definition) is 1. The number of halogens is 1. The van der Waals surface area contributed by atoms with E-state index in [1.54, 1.807) is 0 Å². The highest BCUT2D eigenvalue weighted by atomic mass is 35.5. The molecule has 1 atom stereocenters. The predicted molar refractivity (Wildman–Crippen MR) is 98.3 cm³/mol. The number of carbonyl (C=O) groups excluding carboxylic acids is 1. The van der Waals surface area contributed by atoms with Crippen LogP contribution in [0.3, 0.4) is 0 Å². The molecule has 1 aromatic heterocycles. The number of carbonyl (C=O) groups is 1. The lowest BCUT2D eigenvalue weighted by Gasteiger charge is -2.32. The summed E-state index contributed by atoms with van der Waals surface area (Å²) in [4.78, 5) is 14.4. The second kappa shape index (κ2) is 8.50. The van der Waals surface area contributed by atoms with Gasteiger partial charge in [0.1, 0.15) is 5.69 Å². The second-order valence-corrected chi connectivity index (χ2v) is 7.07. The highest BCUT2D eigenvalue weighted by Crippen LogP contribution is 2.22. The molecule has 1 unspecified atom stereocenters. The van der Waals surface area contributed by atoms with E-state index in [0.29, 0.717) is 35.5 Å². The van der Waals surface area contributed by atoms with Gasteiger partial charge in [-0.3, -0.25) is 4.79 Å². The molecule has 1 amide bonds. The van der Waals surface area contributed by atoms with Crippen LogP contribution in [0.4, 0.5) is 0 Å². The lowest BCUT2D eigenvalue weighted by molar-refractivity contribution is -0.121. The van der Waals surface area contributed by atoms with E-state index in [1.165, 1.54) is 19.3 Å². The van der Waals surface area contributed by atoms with E-state index in [9.17, 15) is 4.79 Å². The third-order valence-corrected chi connectivity index (χ3v) is 5.03. The van der Waals surface area contributed by atoms with Crippen molar-refractivity contribution in [3.63, 3.8) is 0 Å². The molecule has 1 saturated heterocycles. The second-order valence-electron chi connectivity index (χ2n) is 6.64. The molecule has 2 heterocycles. The summed E-state index contributed by atoms with van der Waals surface area (Å²) >= 11 is 5.89. The molecule has 0 radical (unpaired) electrons. The fourth-order valence-electron chi connectivity index (χ4n) is 3.23. The Labute approximate surface area is 153 Å². The number of nitrogens with one attached hydrogen (secondary N) is 1. The van der Waals surface area contributed by atoms with Gasteiger partial charge in [-0.1, -0.05) is 23.2 Å². The zero-order valence-corrected chi connectivity index (χ0v) is 15.3. The summed E-state index contributed by atoms with van der Waals surface area (Å²) in [5, 5.41) is 7.62. The summed E-state index contributed by atoms with van der Waals surface area (Å²) < 4.78 is 5.34. The van der Waals surface area contributed by atoms with Crippen LogP contribution in [0.25, 0.3) is 11.3 Å². The average molecular weight is 362 g/mol. The Kier molecular flexibility index (Phi) is 6.10. The van der Waals surface area contributed by atoms with Crippen LogP contribution in [0, 0.1) is 0 Å². The van der Waals surface area contributed by atoms with Crippen molar-refractivity contribution >= 4 is 17.5 Å². The van der Waals surface area contributed by atoms with Gasteiger partial charge < -0.3 is 14.7 Å². The molecule has 1 aliphatic rings. The number of benzene rings is 1. The molecule has 1 N–H and O–H groups in total. The van der Waals surface area contributed by atoms with Crippen molar-refractivity contribution in [2.75, 3.05) is 13.6 Å². The van der Waals surface area contributed by atoms with Crippen LogP contribution in [0.1, 0.15) is 37.8 Å². The Morgan fingerprint density at radius 3 is 2.92 bits per heavy atom. The average Bonchev–Trinajstić information content (AvgIpc) is 3.09. The minimum Gasteiger partial charge on any atom is -0.356 e. The van der Waals surface area contributed by atoms with Crippen LogP contribution >= 0.6 is 11.6 Å². The van der Waals surface area contributed by atoms with Gasteiger partial charge >= 0.3 is 0 Å². The molecule has 25 heavy (non-hydrogen) atoms. The van der Waals surface area contributed by atoms with Gasteiger partial charge in [-0.2, -0.15) is 0 Å². The molecule has 0 bridgehead atoms. The zero-order chi connectivity index (χ0) is 17.6. The van der Waals surface area contributed by atoms with Crippen molar-refractivity contribution in [3.8, 4) is 11.3 Å². The molecular formula is C19H24ClN3O2. The number of nitrogens with zero attached hydrogens (tertiary/aromatic N) is 2. The van der Waals surface area contributed by atoms with E-state index >= 15 is 0 Å². The van der Waals surface area contributed by atoms with E-state index in [-0.39, 0.29) is 5.91 Å². The van der Waals surface area contributed by atoms with Crippen molar-refractivity contribution in [1.82, 2.24) is 15.4 Å². The maximum absolute atomic E-state index is 12.1. The topological polar surface area (TPSA) is 58.4 Å². The van der Waals surface area contributed by atoms with Gasteiger partial charge in [0.2, 0.25) is 5.91 Å². The van der Waals surface area contributed by atoms with Crippen LogP contribution in [-0.4, -0.2) is 35.6 Å². The minimum atomic E-state index is 0.0648. The third-order valence-electron chi connectivity index (χ3n) is 4.78. The molecule has 134 valence electrons. The number of hydrogen-bond acceptors (Lipinski definition) is 4. The maximum atomic E-state index is 12.1. The van der Waals surface area contributed by atoms with Gasteiger partial charge in [0.25, 0.3) is 0 Å². The number of piperidine rings is 1. The first-order valence-electron chi connectivity index (χ1n) is 8.80. The third kappa shape index (κ3) is 5.06. The summed E-state index contributed by atoms with van der Waals surface area (Å²) in [6.07, 6.45) is 5.19. The number of likely N-dealkylation sites (tertiary alicyclic amines) is 1. The van der Waals surface area contributed by atoms with Crippen LogP contribution in [0.2, 0.25) is 5.02 Å². The van der Waals surface area contributed by atoms with E-state index in [1.807, 2.05) is 30.3 Å². The van der Waals surface area contributed by atoms with Crippen LogP contribution in [0.15, 0.2) is 34.9 Å². The largest absolute Gasteiger partial charge is 0.356 e. The molecular weight excluding hydrogens is 338 g/mol. The fraction of sp³-hybridized carbons (Fsp3) is 0.474. The monoisotopic (exact) mass is 361 g/mol. The van der Waals surface area contributed by atoms with Gasteiger partial charge in [0.05, 0.1) is 6.54 Å². The first-order valence-corrected chi connectivity index (χ1v) is 9.18. The standard InChI is InChI=1S/C19H24ClN3O2/c1-23-11-3-2-4-17(23)9-10-19(24)21-13-16-12-18(25-22-16)14-5-7-15(20)8-6-14/h5-8,12,17H,2-4,9-11,13H2,1H3,(H,21,24). The molecule has 1 aliphatic heterocycles. The van der Waals surface area contributed by atoms with Gasteiger partial charge in [-0.25, -0.2) is 0 Å². The zero-order valence-electron chi connectivity index (χ0n) is 14.5. The first kappa shape index (κ1) is 18.0. The van der Waals surface area contributed by atoms with Crippen LogP contribution < -0.4 is 5.32 Å². The molecule has 0 saturated carbocycles. The Hall–Kier alpha value is -1.85. The van der Waals surface area contributed by atoms with Crippen molar-refractivity contribution in [3.05, 3.63) is 41.0 Å². The Morgan fingerprint density at radius 1 is 1.36 bits per heavy atom. The molecule has 3 rings (SSSR count). The van der Waals surface area contributed by atoms with E-state index in [4.69, 9.17) is 16.1 Å². The molecule has 1 fully saturated rings. The fourth-order valence-corrected chi connectivity index (χ4v) is 3.36.